The lowest BCUT2D eigenvalue weighted by Crippen LogP contribution is -2.30. The Hall–Kier alpha value is -5.60. The fourth-order valence-corrected chi connectivity index (χ4v) is 5.60. The highest BCUT2D eigenvalue weighted by atomic mass is 32.2. The molecular formula is C38H33N3O4S. The van der Waals surface area contributed by atoms with Crippen molar-refractivity contribution >= 4 is 46.9 Å². The maximum absolute atomic E-state index is 13.5. The molecule has 1 atom stereocenters. The average molecular weight is 628 g/mol. The van der Waals surface area contributed by atoms with Crippen molar-refractivity contribution in [1.82, 2.24) is 5.32 Å². The third-order valence-electron chi connectivity index (χ3n) is 6.99. The van der Waals surface area contributed by atoms with Crippen LogP contribution in [0.25, 0.3) is 6.08 Å². The second-order valence-corrected chi connectivity index (χ2v) is 11.5. The zero-order chi connectivity index (χ0) is 32.3. The topological polar surface area (TPSA) is 96.5 Å². The summed E-state index contributed by atoms with van der Waals surface area (Å²) in [6.07, 6.45) is 1.58. The summed E-state index contributed by atoms with van der Waals surface area (Å²) in [5.74, 6) is -0.505. The molecule has 5 rings (SSSR count). The van der Waals surface area contributed by atoms with Crippen LogP contribution in [0.2, 0.25) is 0 Å². The molecular weight excluding hydrogens is 595 g/mol. The predicted molar refractivity (Wildman–Crippen MR) is 185 cm³/mol. The molecule has 0 spiro atoms. The van der Waals surface area contributed by atoms with Crippen molar-refractivity contribution < 1.29 is 19.1 Å². The van der Waals surface area contributed by atoms with Crippen molar-refractivity contribution in [1.29, 1.82) is 0 Å². The van der Waals surface area contributed by atoms with Crippen LogP contribution in [0.15, 0.2) is 144 Å². The van der Waals surface area contributed by atoms with Crippen LogP contribution in [0.3, 0.4) is 0 Å². The summed E-state index contributed by atoms with van der Waals surface area (Å²) < 4.78 is 5.45. The number of rotatable bonds is 11. The van der Waals surface area contributed by atoms with Gasteiger partial charge in [-0.25, -0.2) is 0 Å². The molecule has 0 aliphatic heterocycles. The molecule has 5 aromatic rings. The fraction of sp³-hybridized carbons (Fsp3) is 0.0789. The minimum absolute atomic E-state index is 0.0497. The van der Waals surface area contributed by atoms with E-state index in [9.17, 15) is 14.4 Å². The van der Waals surface area contributed by atoms with Gasteiger partial charge in [0.15, 0.2) is 0 Å². The Labute approximate surface area is 272 Å². The monoisotopic (exact) mass is 627 g/mol. The number of anilines is 2. The van der Waals surface area contributed by atoms with Gasteiger partial charge in [-0.15, -0.1) is 11.8 Å². The number of nitrogens with one attached hydrogen (secondary N) is 3. The Morgan fingerprint density at radius 2 is 1.28 bits per heavy atom. The van der Waals surface area contributed by atoms with Gasteiger partial charge in [-0.3, -0.25) is 14.4 Å². The average Bonchev–Trinajstić information content (AvgIpc) is 3.09. The number of aryl methyl sites for hydroxylation is 1. The van der Waals surface area contributed by atoms with Gasteiger partial charge in [-0.05, 0) is 73.2 Å². The lowest BCUT2D eigenvalue weighted by molar-refractivity contribution is -0.116. The van der Waals surface area contributed by atoms with Crippen molar-refractivity contribution in [3.8, 4) is 5.75 Å². The second-order valence-electron chi connectivity index (χ2n) is 10.4. The normalized spacial score (nSPS) is 11.7. The highest BCUT2D eigenvalue weighted by molar-refractivity contribution is 8.00. The van der Waals surface area contributed by atoms with Crippen molar-refractivity contribution in [2.24, 2.45) is 0 Å². The molecule has 0 saturated carbocycles. The van der Waals surface area contributed by atoms with E-state index >= 15 is 0 Å². The number of thioether (sulfide) groups is 1. The molecule has 230 valence electrons. The van der Waals surface area contributed by atoms with E-state index in [0.717, 1.165) is 21.7 Å². The van der Waals surface area contributed by atoms with Crippen LogP contribution >= 0.6 is 11.8 Å². The number of methoxy groups -OCH3 is 1. The molecule has 3 N–H and O–H groups in total. The van der Waals surface area contributed by atoms with Gasteiger partial charge >= 0.3 is 0 Å². The molecule has 0 aromatic heterocycles. The summed E-state index contributed by atoms with van der Waals surface area (Å²) >= 11 is 1.41. The van der Waals surface area contributed by atoms with Gasteiger partial charge in [-0.1, -0.05) is 84.4 Å². The third-order valence-corrected chi connectivity index (χ3v) is 8.26. The molecule has 3 amide bonds. The maximum Gasteiger partial charge on any atom is 0.272 e. The molecule has 0 aliphatic carbocycles. The Morgan fingerprint density at radius 1 is 0.696 bits per heavy atom. The summed E-state index contributed by atoms with van der Waals surface area (Å²) in [5.41, 5.74) is 4.33. The standard InChI is InChI=1S/C38H33N3O4S/c1-26-17-19-30(20-18-26)40-38(44)35(27-11-5-3-6-12-27)46-32-23-21-31(22-24-32)39-37(43)33(25-29-15-9-10-16-34(29)45-2)41-36(42)28-13-7-4-8-14-28/h3-25,35H,1-2H3,(H,39,43)(H,40,44)(H,41,42)/b33-25-. The highest BCUT2D eigenvalue weighted by Crippen LogP contribution is 2.37. The van der Waals surface area contributed by atoms with Gasteiger partial charge < -0.3 is 20.7 Å². The molecule has 0 fully saturated rings. The largest absolute Gasteiger partial charge is 0.496 e. The van der Waals surface area contributed by atoms with Crippen LogP contribution in [0, 0.1) is 6.92 Å². The Balaban J connectivity index is 1.34. The van der Waals surface area contributed by atoms with E-state index in [1.54, 1.807) is 61.7 Å². The summed E-state index contributed by atoms with van der Waals surface area (Å²) in [5, 5.41) is 8.15. The SMILES string of the molecule is COc1ccccc1/C=C(\NC(=O)c1ccccc1)C(=O)Nc1ccc(SC(C(=O)Nc2ccc(C)cc2)c2ccccc2)cc1. The highest BCUT2D eigenvalue weighted by Gasteiger charge is 2.22. The van der Waals surface area contributed by atoms with Crippen LogP contribution in [-0.4, -0.2) is 24.8 Å². The smallest absolute Gasteiger partial charge is 0.272 e. The van der Waals surface area contributed by atoms with E-state index in [2.05, 4.69) is 16.0 Å². The first-order chi connectivity index (χ1) is 22.4. The van der Waals surface area contributed by atoms with Crippen LogP contribution in [0.5, 0.6) is 5.75 Å². The second kappa shape index (κ2) is 15.4. The van der Waals surface area contributed by atoms with Gasteiger partial charge in [0.25, 0.3) is 11.8 Å². The summed E-state index contributed by atoms with van der Waals surface area (Å²) in [4.78, 5) is 40.8. The molecule has 46 heavy (non-hydrogen) atoms. The Morgan fingerprint density at radius 3 is 1.96 bits per heavy atom. The van der Waals surface area contributed by atoms with Gasteiger partial charge in [0.2, 0.25) is 5.91 Å². The third kappa shape index (κ3) is 8.52. The van der Waals surface area contributed by atoms with Crippen molar-refractivity contribution in [2.75, 3.05) is 17.7 Å². The van der Waals surface area contributed by atoms with Crippen LogP contribution in [-0.2, 0) is 9.59 Å². The first kappa shape index (κ1) is 31.8. The van der Waals surface area contributed by atoms with Crippen LogP contribution in [0.4, 0.5) is 11.4 Å². The van der Waals surface area contributed by atoms with E-state index < -0.39 is 17.1 Å². The Kier molecular flexibility index (Phi) is 10.7. The number of ether oxygens (including phenoxy) is 1. The number of para-hydroxylation sites is 1. The minimum Gasteiger partial charge on any atom is -0.496 e. The number of amides is 3. The maximum atomic E-state index is 13.5. The van der Waals surface area contributed by atoms with Crippen molar-refractivity contribution in [2.45, 2.75) is 17.1 Å². The molecule has 0 saturated heterocycles. The van der Waals surface area contributed by atoms with Gasteiger partial charge in [0, 0.05) is 27.4 Å². The van der Waals surface area contributed by atoms with Gasteiger partial charge in [0.05, 0.1) is 7.11 Å². The predicted octanol–water partition coefficient (Wildman–Crippen LogP) is 7.89. The molecule has 0 aliphatic rings. The molecule has 8 heteroatoms. The summed E-state index contributed by atoms with van der Waals surface area (Å²) in [6, 6.07) is 40.4. The molecule has 0 heterocycles. The minimum atomic E-state index is -0.508. The first-order valence-corrected chi connectivity index (χ1v) is 15.5. The van der Waals surface area contributed by atoms with E-state index in [1.165, 1.54) is 11.8 Å². The van der Waals surface area contributed by atoms with E-state index in [4.69, 9.17) is 4.74 Å². The number of carbonyl (C=O) groups excluding carboxylic acids is 3. The van der Waals surface area contributed by atoms with Crippen LogP contribution in [0.1, 0.15) is 32.3 Å². The van der Waals surface area contributed by atoms with E-state index in [0.29, 0.717) is 22.6 Å². The number of hydrogen-bond donors (Lipinski definition) is 3. The van der Waals surface area contributed by atoms with Crippen LogP contribution < -0.4 is 20.7 Å². The molecule has 0 radical (unpaired) electrons. The quantitative estimate of drug-likeness (QED) is 0.102. The number of hydrogen-bond acceptors (Lipinski definition) is 5. The van der Waals surface area contributed by atoms with Gasteiger partial charge in [0.1, 0.15) is 16.7 Å². The first-order valence-electron chi connectivity index (χ1n) is 14.6. The zero-order valence-corrected chi connectivity index (χ0v) is 26.2. The van der Waals surface area contributed by atoms with E-state index in [-0.39, 0.29) is 11.6 Å². The molecule has 5 aromatic carbocycles. The molecule has 0 bridgehead atoms. The Bertz CT molecular complexity index is 1820. The number of carbonyl (C=O) groups is 3. The molecule has 7 nitrogen and oxygen atoms in total. The van der Waals surface area contributed by atoms with Crippen molar-refractivity contribution in [3.63, 3.8) is 0 Å². The number of benzene rings is 5. The fourth-order valence-electron chi connectivity index (χ4n) is 4.58. The summed E-state index contributed by atoms with van der Waals surface area (Å²) in [7, 11) is 1.54. The van der Waals surface area contributed by atoms with Crippen molar-refractivity contribution in [3.05, 3.63) is 161 Å². The lowest BCUT2D eigenvalue weighted by Gasteiger charge is -2.18. The van der Waals surface area contributed by atoms with Gasteiger partial charge in [-0.2, -0.15) is 0 Å². The lowest BCUT2D eigenvalue weighted by atomic mass is 10.1. The summed E-state index contributed by atoms with van der Waals surface area (Å²) in [6.45, 7) is 2.00. The zero-order valence-electron chi connectivity index (χ0n) is 25.4. The molecule has 1 unspecified atom stereocenters. The van der Waals surface area contributed by atoms with E-state index in [1.807, 2.05) is 91.9 Å².